The van der Waals surface area contributed by atoms with E-state index in [1.165, 1.54) is 17.4 Å². The molecule has 1 fully saturated rings. The summed E-state index contributed by atoms with van der Waals surface area (Å²) < 4.78 is 34.6. The van der Waals surface area contributed by atoms with E-state index in [-0.39, 0.29) is 16.5 Å². The Bertz CT molecular complexity index is 531. The van der Waals surface area contributed by atoms with Crippen LogP contribution in [0.25, 0.3) is 0 Å². The smallest absolute Gasteiger partial charge is 0.387 e. The van der Waals surface area contributed by atoms with Crippen molar-refractivity contribution in [1.82, 2.24) is 9.80 Å². The molecule has 0 saturated carbocycles. The van der Waals surface area contributed by atoms with Crippen LogP contribution in [0.15, 0.2) is 6.07 Å². The summed E-state index contributed by atoms with van der Waals surface area (Å²) in [6.07, 6.45) is 0. The first-order valence-electron chi connectivity index (χ1n) is 7.50. The number of piperazine rings is 1. The Kier molecular flexibility index (Phi) is 6.32. The number of methoxy groups -OCH3 is 1. The molecule has 1 aromatic heterocycles. The molecule has 1 aliphatic heterocycles. The Labute approximate surface area is 138 Å². The fourth-order valence-corrected chi connectivity index (χ4v) is 3.59. The van der Waals surface area contributed by atoms with Crippen LogP contribution in [0.3, 0.4) is 0 Å². The molecule has 8 heteroatoms. The van der Waals surface area contributed by atoms with Gasteiger partial charge in [-0.3, -0.25) is 9.69 Å². The van der Waals surface area contributed by atoms with Gasteiger partial charge in [-0.25, -0.2) is 0 Å². The summed E-state index contributed by atoms with van der Waals surface area (Å²) in [6.45, 7) is 4.18. The van der Waals surface area contributed by atoms with E-state index in [9.17, 15) is 13.6 Å². The van der Waals surface area contributed by atoms with Crippen molar-refractivity contribution < 1.29 is 23.0 Å². The van der Waals surface area contributed by atoms with Crippen LogP contribution >= 0.6 is 11.3 Å². The molecule has 1 aliphatic rings. The molecule has 1 amide bonds. The molecule has 0 aromatic carbocycles. The van der Waals surface area contributed by atoms with Crippen LogP contribution in [0.1, 0.15) is 21.5 Å². The zero-order chi connectivity index (χ0) is 17.0. The maximum absolute atomic E-state index is 12.6. The molecular weight excluding hydrogens is 326 g/mol. The number of hydrogen-bond acceptors (Lipinski definition) is 5. The third-order valence-corrected chi connectivity index (χ3v) is 4.88. The van der Waals surface area contributed by atoms with Gasteiger partial charge in [0.05, 0.1) is 6.61 Å². The number of rotatable bonds is 6. The largest absolute Gasteiger partial charge is 0.433 e. The summed E-state index contributed by atoms with van der Waals surface area (Å²) in [5.74, 6) is -0.263. The highest BCUT2D eigenvalue weighted by Crippen LogP contribution is 2.31. The SMILES string of the molecule is COC[C@@H](C)N1CCN(C(=O)c2sc(C)cc2OC(F)F)CC1. The van der Waals surface area contributed by atoms with Crippen molar-refractivity contribution in [2.24, 2.45) is 0 Å². The minimum absolute atomic E-state index is 0.0253. The van der Waals surface area contributed by atoms with Gasteiger partial charge < -0.3 is 14.4 Å². The van der Waals surface area contributed by atoms with E-state index < -0.39 is 6.61 Å². The van der Waals surface area contributed by atoms with Crippen LogP contribution in [0, 0.1) is 6.92 Å². The van der Waals surface area contributed by atoms with Gasteiger partial charge in [0, 0.05) is 44.2 Å². The van der Waals surface area contributed by atoms with Gasteiger partial charge in [-0.1, -0.05) is 0 Å². The van der Waals surface area contributed by atoms with E-state index >= 15 is 0 Å². The molecule has 130 valence electrons. The number of aryl methyl sites for hydroxylation is 1. The van der Waals surface area contributed by atoms with Crippen molar-refractivity contribution in [1.29, 1.82) is 0 Å². The molecule has 2 rings (SSSR count). The first-order chi connectivity index (χ1) is 10.9. The maximum Gasteiger partial charge on any atom is 0.387 e. The molecule has 23 heavy (non-hydrogen) atoms. The number of thiophene rings is 1. The van der Waals surface area contributed by atoms with Gasteiger partial charge in [0.25, 0.3) is 5.91 Å². The minimum atomic E-state index is -2.93. The lowest BCUT2D eigenvalue weighted by Gasteiger charge is -2.37. The average molecular weight is 348 g/mol. The highest BCUT2D eigenvalue weighted by Gasteiger charge is 2.28. The summed E-state index contributed by atoms with van der Waals surface area (Å²) in [7, 11) is 1.67. The Balaban J connectivity index is 2.00. The Morgan fingerprint density at radius 1 is 1.35 bits per heavy atom. The van der Waals surface area contributed by atoms with E-state index in [1.807, 2.05) is 0 Å². The van der Waals surface area contributed by atoms with Gasteiger partial charge in [0.15, 0.2) is 0 Å². The topological polar surface area (TPSA) is 42.0 Å². The summed E-state index contributed by atoms with van der Waals surface area (Å²) in [6, 6.07) is 1.78. The molecule has 0 radical (unpaired) electrons. The van der Waals surface area contributed by atoms with Crippen LogP contribution in [0.4, 0.5) is 8.78 Å². The zero-order valence-electron chi connectivity index (χ0n) is 13.6. The molecule has 2 heterocycles. The lowest BCUT2D eigenvalue weighted by molar-refractivity contribution is -0.0500. The maximum atomic E-state index is 12.6. The van der Waals surface area contributed by atoms with Crippen molar-refractivity contribution in [3.63, 3.8) is 0 Å². The number of carbonyl (C=O) groups is 1. The Morgan fingerprint density at radius 2 is 2.00 bits per heavy atom. The molecule has 1 atom stereocenters. The van der Waals surface area contributed by atoms with Gasteiger partial charge in [-0.2, -0.15) is 8.78 Å². The van der Waals surface area contributed by atoms with Gasteiger partial charge in [0.2, 0.25) is 0 Å². The Morgan fingerprint density at radius 3 is 2.57 bits per heavy atom. The molecule has 1 saturated heterocycles. The summed E-state index contributed by atoms with van der Waals surface area (Å²) in [4.78, 5) is 17.6. The normalized spacial score (nSPS) is 17.6. The number of alkyl halides is 2. The quantitative estimate of drug-likeness (QED) is 0.792. The third-order valence-electron chi connectivity index (χ3n) is 3.86. The molecule has 0 N–H and O–H groups in total. The molecule has 1 aromatic rings. The van der Waals surface area contributed by atoms with E-state index in [0.717, 1.165) is 18.0 Å². The van der Waals surface area contributed by atoms with E-state index in [4.69, 9.17) is 4.74 Å². The molecule has 0 aliphatic carbocycles. The zero-order valence-corrected chi connectivity index (χ0v) is 14.4. The first kappa shape index (κ1) is 18.1. The van der Waals surface area contributed by atoms with Gasteiger partial charge >= 0.3 is 6.61 Å². The standard InChI is InChI=1S/C15H22F2N2O3S/c1-10(9-21-3)18-4-6-19(7-5-18)14(20)13-12(22-15(16)17)8-11(2)23-13/h8,10,15H,4-7,9H2,1-3H3/t10-/m1/s1. The van der Waals surface area contributed by atoms with E-state index in [1.54, 1.807) is 18.9 Å². The average Bonchev–Trinajstić information content (AvgIpc) is 2.86. The van der Waals surface area contributed by atoms with Gasteiger partial charge in [-0.15, -0.1) is 11.3 Å². The number of carbonyl (C=O) groups excluding carboxylic acids is 1. The lowest BCUT2D eigenvalue weighted by atomic mass is 10.2. The summed E-state index contributed by atoms with van der Waals surface area (Å²) >= 11 is 1.19. The molecule has 0 spiro atoms. The van der Waals surface area contributed by atoms with E-state index in [2.05, 4.69) is 16.6 Å². The van der Waals surface area contributed by atoms with Crippen LogP contribution in [0.2, 0.25) is 0 Å². The minimum Gasteiger partial charge on any atom is -0.433 e. The highest BCUT2D eigenvalue weighted by atomic mass is 32.1. The fraction of sp³-hybridized carbons (Fsp3) is 0.667. The predicted molar refractivity (Wildman–Crippen MR) is 84.5 cm³/mol. The number of halogens is 2. The second kappa shape index (κ2) is 8.03. The Hall–Kier alpha value is -1.25. The van der Waals surface area contributed by atoms with Crippen molar-refractivity contribution in [2.75, 3.05) is 39.9 Å². The second-order valence-corrected chi connectivity index (χ2v) is 6.82. The third kappa shape index (κ3) is 4.62. The van der Waals surface area contributed by atoms with Crippen molar-refractivity contribution in [2.45, 2.75) is 26.5 Å². The highest BCUT2D eigenvalue weighted by molar-refractivity contribution is 7.14. The van der Waals surface area contributed by atoms with Crippen LogP contribution in [-0.4, -0.2) is 68.3 Å². The van der Waals surface area contributed by atoms with Gasteiger partial charge in [0.1, 0.15) is 10.6 Å². The van der Waals surface area contributed by atoms with Crippen molar-refractivity contribution in [3.05, 3.63) is 15.8 Å². The fourth-order valence-electron chi connectivity index (χ4n) is 2.68. The molecule has 0 bridgehead atoms. The summed E-state index contributed by atoms with van der Waals surface area (Å²) in [5, 5.41) is 0. The molecule has 5 nitrogen and oxygen atoms in total. The second-order valence-electron chi connectivity index (χ2n) is 5.56. The molecular formula is C15H22F2N2O3S. The number of amides is 1. The predicted octanol–water partition coefficient (Wildman–Crippen LogP) is 2.45. The number of ether oxygens (including phenoxy) is 2. The van der Waals surface area contributed by atoms with Crippen LogP contribution in [-0.2, 0) is 4.74 Å². The lowest BCUT2D eigenvalue weighted by Crippen LogP contribution is -2.52. The van der Waals surface area contributed by atoms with Crippen molar-refractivity contribution >= 4 is 17.2 Å². The first-order valence-corrected chi connectivity index (χ1v) is 8.31. The summed E-state index contributed by atoms with van der Waals surface area (Å²) in [5.41, 5.74) is 0. The number of nitrogens with zero attached hydrogens (tertiary/aromatic N) is 2. The molecule has 0 unspecified atom stereocenters. The van der Waals surface area contributed by atoms with Crippen LogP contribution < -0.4 is 4.74 Å². The number of hydrogen-bond donors (Lipinski definition) is 0. The van der Waals surface area contributed by atoms with E-state index in [0.29, 0.717) is 25.7 Å². The van der Waals surface area contributed by atoms with Gasteiger partial charge in [-0.05, 0) is 19.9 Å². The van der Waals surface area contributed by atoms with Crippen molar-refractivity contribution in [3.8, 4) is 5.75 Å². The monoisotopic (exact) mass is 348 g/mol. The van der Waals surface area contributed by atoms with Crippen LogP contribution in [0.5, 0.6) is 5.75 Å².